The molecular weight excluding hydrogens is 304 g/mol. The Kier molecular flexibility index (Phi) is 2.65. The Morgan fingerprint density at radius 3 is 2.11 bits per heavy atom. The van der Waals surface area contributed by atoms with Crippen molar-refractivity contribution in [3.63, 3.8) is 0 Å². The summed E-state index contributed by atoms with van der Waals surface area (Å²) in [5, 5.41) is 21.6. The molecule has 2 aromatic carbocycles. The van der Waals surface area contributed by atoms with E-state index in [1.165, 1.54) is 0 Å². The molecule has 0 radical (unpaired) electrons. The Labute approximate surface area is 120 Å². The van der Waals surface area contributed by atoms with E-state index < -0.39 is 11.2 Å². The van der Waals surface area contributed by atoms with E-state index in [1.807, 2.05) is 42.5 Å². The summed E-state index contributed by atoms with van der Waals surface area (Å²) in [6.07, 6.45) is 0. The minimum absolute atomic E-state index is 0.749. The summed E-state index contributed by atoms with van der Waals surface area (Å²) >= 11 is 3.46. The summed E-state index contributed by atoms with van der Waals surface area (Å²) < 4.78 is 0.957. The molecule has 2 N–H and O–H groups in total. The van der Waals surface area contributed by atoms with Gasteiger partial charge < -0.3 is 10.2 Å². The highest BCUT2D eigenvalue weighted by Crippen LogP contribution is 2.51. The zero-order valence-corrected chi connectivity index (χ0v) is 12.4. The van der Waals surface area contributed by atoms with E-state index in [2.05, 4.69) is 15.9 Å². The van der Waals surface area contributed by atoms with Crippen molar-refractivity contribution in [3.05, 3.63) is 58.1 Å². The molecule has 0 amide bonds. The van der Waals surface area contributed by atoms with E-state index in [-0.39, 0.29) is 0 Å². The highest BCUT2D eigenvalue weighted by atomic mass is 79.9. The van der Waals surface area contributed by atoms with Crippen LogP contribution in [0.25, 0.3) is 11.1 Å². The zero-order valence-electron chi connectivity index (χ0n) is 10.8. The Balaban J connectivity index is 2.43. The van der Waals surface area contributed by atoms with E-state index >= 15 is 0 Å². The van der Waals surface area contributed by atoms with Gasteiger partial charge in [-0.25, -0.2) is 0 Å². The van der Waals surface area contributed by atoms with Gasteiger partial charge in [0.05, 0.1) is 0 Å². The minimum atomic E-state index is -1.32. The summed E-state index contributed by atoms with van der Waals surface area (Å²) in [5.74, 6) is 0. The van der Waals surface area contributed by atoms with Gasteiger partial charge in [0.2, 0.25) is 0 Å². The van der Waals surface area contributed by atoms with Gasteiger partial charge in [0.1, 0.15) is 11.2 Å². The molecule has 98 valence electrons. The first-order valence-corrected chi connectivity index (χ1v) is 6.99. The van der Waals surface area contributed by atoms with Crippen LogP contribution in [0.1, 0.15) is 25.0 Å². The lowest BCUT2D eigenvalue weighted by Crippen LogP contribution is -2.47. The van der Waals surface area contributed by atoms with Crippen LogP contribution in [0.3, 0.4) is 0 Å². The van der Waals surface area contributed by atoms with Crippen LogP contribution >= 0.6 is 15.9 Å². The number of halogens is 1. The van der Waals surface area contributed by atoms with E-state index in [4.69, 9.17) is 0 Å². The Hall–Kier alpha value is -1.16. The molecular formula is C16H15BrO2. The first-order valence-electron chi connectivity index (χ1n) is 6.20. The molecule has 2 aromatic rings. The second-order valence-corrected chi connectivity index (χ2v) is 6.30. The summed E-state index contributed by atoms with van der Waals surface area (Å²) in [7, 11) is 0. The second-order valence-electron chi connectivity index (χ2n) is 5.38. The number of hydrogen-bond donors (Lipinski definition) is 2. The smallest absolute Gasteiger partial charge is 0.120 e. The third-order valence-corrected chi connectivity index (χ3v) is 4.69. The third kappa shape index (κ3) is 1.62. The zero-order chi connectivity index (χ0) is 13.8. The average Bonchev–Trinajstić information content (AvgIpc) is 2.37. The van der Waals surface area contributed by atoms with E-state index in [9.17, 15) is 10.2 Å². The number of rotatable bonds is 0. The first-order chi connectivity index (χ1) is 8.85. The van der Waals surface area contributed by atoms with Gasteiger partial charge in [-0.05, 0) is 48.2 Å². The number of hydrogen-bond acceptors (Lipinski definition) is 2. The molecule has 0 aliphatic heterocycles. The SMILES string of the molecule is CC1(O)c2ccccc2-c2cc(Br)ccc2C1(C)O. The number of aliphatic hydroxyl groups is 2. The van der Waals surface area contributed by atoms with Crippen LogP contribution in [0.2, 0.25) is 0 Å². The molecule has 2 atom stereocenters. The van der Waals surface area contributed by atoms with Crippen molar-refractivity contribution in [3.8, 4) is 11.1 Å². The van der Waals surface area contributed by atoms with Gasteiger partial charge in [0, 0.05) is 4.47 Å². The minimum Gasteiger partial charge on any atom is -0.382 e. The van der Waals surface area contributed by atoms with Gasteiger partial charge in [-0.2, -0.15) is 0 Å². The lowest BCUT2D eigenvalue weighted by Gasteiger charge is -2.45. The molecule has 0 heterocycles. The van der Waals surface area contributed by atoms with Gasteiger partial charge in [0.25, 0.3) is 0 Å². The van der Waals surface area contributed by atoms with E-state index in [1.54, 1.807) is 13.8 Å². The number of fused-ring (bicyclic) bond motifs is 3. The van der Waals surface area contributed by atoms with Crippen LogP contribution in [0.4, 0.5) is 0 Å². The van der Waals surface area contributed by atoms with Crippen molar-refractivity contribution < 1.29 is 10.2 Å². The van der Waals surface area contributed by atoms with Crippen LogP contribution in [0.5, 0.6) is 0 Å². The molecule has 0 bridgehead atoms. The molecule has 0 saturated carbocycles. The third-order valence-electron chi connectivity index (χ3n) is 4.20. The fourth-order valence-corrected chi connectivity index (χ4v) is 3.19. The molecule has 0 fully saturated rings. The molecule has 0 saturated heterocycles. The monoisotopic (exact) mass is 318 g/mol. The van der Waals surface area contributed by atoms with Crippen LogP contribution in [0, 0.1) is 0 Å². The maximum atomic E-state index is 10.8. The second kappa shape index (κ2) is 3.92. The summed E-state index contributed by atoms with van der Waals surface area (Å²) in [6, 6.07) is 13.4. The summed E-state index contributed by atoms with van der Waals surface area (Å²) in [6.45, 7) is 3.33. The molecule has 1 aliphatic rings. The Morgan fingerprint density at radius 1 is 0.842 bits per heavy atom. The largest absolute Gasteiger partial charge is 0.382 e. The molecule has 2 nitrogen and oxygen atoms in total. The lowest BCUT2D eigenvalue weighted by molar-refractivity contribution is -0.144. The lowest BCUT2D eigenvalue weighted by atomic mass is 9.67. The molecule has 0 aromatic heterocycles. The molecule has 3 heteroatoms. The van der Waals surface area contributed by atoms with Crippen molar-refractivity contribution in [1.29, 1.82) is 0 Å². The van der Waals surface area contributed by atoms with Crippen LogP contribution in [0.15, 0.2) is 46.9 Å². The molecule has 3 rings (SSSR count). The van der Waals surface area contributed by atoms with Crippen molar-refractivity contribution >= 4 is 15.9 Å². The molecule has 2 unspecified atom stereocenters. The topological polar surface area (TPSA) is 40.5 Å². The predicted molar refractivity (Wildman–Crippen MR) is 78.7 cm³/mol. The molecule has 19 heavy (non-hydrogen) atoms. The van der Waals surface area contributed by atoms with Crippen LogP contribution < -0.4 is 0 Å². The summed E-state index contributed by atoms with van der Waals surface area (Å²) in [5.41, 5.74) is 0.795. The fraction of sp³-hybridized carbons (Fsp3) is 0.250. The maximum Gasteiger partial charge on any atom is 0.120 e. The normalized spacial score (nSPS) is 28.7. The Bertz CT molecular complexity index is 660. The molecule has 0 spiro atoms. The fourth-order valence-electron chi connectivity index (χ4n) is 2.83. The van der Waals surface area contributed by atoms with Crippen molar-refractivity contribution in [2.45, 2.75) is 25.0 Å². The molecule has 1 aliphatic carbocycles. The van der Waals surface area contributed by atoms with Crippen LogP contribution in [-0.4, -0.2) is 10.2 Å². The predicted octanol–water partition coefficient (Wildman–Crippen LogP) is 3.54. The highest BCUT2D eigenvalue weighted by molar-refractivity contribution is 9.10. The van der Waals surface area contributed by atoms with E-state index in [0.717, 1.165) is 26.7 Å². The first kappa shape index (κ1) is 12.9. The van der Waals surface area contributed by atoms with Gasteiger partial charge in [-0.3, -0.25) is 0 Å². The standard InChI is InChI=1S/C16H15BrO2/c1-15(18)13-6-4-3-5-11(13)12-9-10(17)7-8-14(12)16(15,2)19/h3-9,18-19H,1-2H3. The quantitative estimate of drug-likeness (QED) is 0.780. The average molecular weight is 319 g/mol. The van der Waals surface area contributed by atoms with Gasteiger partial charge >= 0.3 is 0 Å². The van der Waals surface area contributed by atoms with Crippen molar-refractivity contribution in [2.75, 3.05) is 0 Å². The maximum absolute atomic E-state index is 10.8. The highest BCUT2D eigenvalue weighted by Gasteiger charge is 2.49. The van der Waals surface area contributed by atoms with Gasteiger partial charge in [-0.1, -0.05) is 46.3 Å². The van der Waals surface area contributed by atoms with Crippen molar-refractivity contribution in [1.82, 2.24) is 0 Å². The summed E-state index contributed by atoms with van der Waals surface area (Å²) in [4.78, 5) is 0. The van der Waals surface area contributed by atoms with Crippen molar-refractivity contribution in [2.24, 2.45) is 0 Å². The number of benzene rings is 2. The van der Waals surface area contributed by atoms with E-state index in [0.29, 0.717) is 0 Å². The van der Waals surface area contributed by atoms with Gasteiger partial charge in [-0.15, -0.1) is 0 Å². The Morgan fingerprint density at radius 2 is 1.42 bits per heavy atom. The van der Waals surface area contributed by atoms with Gasteiger partial charge in [0.15, 0.2) is 0 Å². The van der Waals surface area contributed by atoms with Crippen LogP contribution in [-0.2, 0) is 11.2 Å².